The van der Waals surface area contributed by atoms with Gasteiger partial charge in [-0.15, -0.1) is 0 Å². The van der Waals surface area contributed by atoms with Gasteiger partial charge in [-0.25, -0.2) is 9.59 Å². The van der Waals surface area contributed by atoms with Gasteiger partial charge in [-0.3, -0.25) is 4.79 Å². The van der Waals surface area contributed by atoms with Crippen LogP contribution in [0.5, 0.6) is 5.75 Å². The van der Waals surface area contributed by atoms with Gasteiger partial charge >= 0.3 is 18.2 Å². The fourth-order valence-electron chi connectivity index (χ4n) is 4.26. The zero-order chi connectivity index (χ0) is 30.5. The van der Waals surface area contributed by atoms with Gasteiger partial charge in [0.2, 0.25) is 0 Å². The summed E-state index contributed by atoms with van der Waals surface area (Å²) in [7, 11) is 1.65. The molecule has 3 atom stereocenters. The minimum Gasteiger partial charge on any atom is -0.487 e. The molecule has 13 heteroatoms. The molecule has 3 rings (SSSR count). The Labute approximate surface area is 236 Å². The number of carbonyl (C=O) groups is 3. The second-order valence-corrected chi connectivity index (χ2v) is 10.5. The van der Waals surface area contributed by atoms with E-state index in [4.69, 9.17) is 4.74 Å². The number of hydrogen-bond acceptors (Lipinski definition) is 5. The molecular weight excluding hydrogens is 543 g/mol. The molecule has 10 nitrogen and oxygen atoms in total. The van der Waals surface area contributed by atoms with Gasteiger partial charge in [0.1, 0.15) is 11.9 Å². The number of aliphatic hydroxyl groups is 1. The van der Waals surface area contributed by atoms with Crippen LogP contribution in [0.3, 0.4) is 0 Å². The number of fused-ring (bicyclic) bond motifs is 1. The highest BCUT2D eigenvalue weighted by molar-refractivity contribution is 6.02. The SMILES string of the molecule is CC(C)NC(=O)N(C)C[C@@H]1Oc2ccc(NC(=O)Nc3ccc(C(F)(F)F)cc3)cc2C(=O)N([C@@H](C)CO)C[C@@H]1C. The standard InChI is InChI=1S/C28H36F3N5O5/c1-16(2)32-27(40)35(5)14-24-17(3)13-36(18(4)15-37)25(38)22-12-21(10-11-23(22)41-24)34-26(39)33-20-8-6-19(7-9-20)28(29,30)31/h6-12,16-18,24,37H,13-15H2,1-5H3,(H,32,40)(H2,33,34,39)/t17-,18-,24-/m0/s1. The zero-order valence-corrected chi connectivity index (χ0v) is 23.6. The van der Waals surface area contributed by atoms with E-state index in [0.717, 1.165) is 24.3 Å². The fourth-order valence-corrected chi connectivity index (χ4v) is 4.26. The molecule has 0 radical (unpaired) electrons. The van der Waals surface area contributed by atoms with Crippen LogP contribution < -0.4 is 20.7 Å². The van der Waals surface area contributed by atoms with E-state index in [1.165, 1.54) is 28.0 Å². The van der Waals surface area contributed by atoms with Crippen molar-refractivity contribution >= 4 is 29.3 Å². The number of carbonyl (C=O) groups excluding carboxylic acids is 3. The van der Waals surface area contributed by atoms with Crippen molar-refractivity contribution in [1.82, 2.24) is 15.1 Å². The van der Waals surface area contributed by atoms with Crippen molar-refractivity contribution in [2.75, 3.05) is 37.4 Å². The molecule has 0 aromatic heterocycles. The highest BCUT2D eigenvalue weighted by Crippen LogP contribution is 2.32. The molecule has 2 aromatic rings. The van der Waals surface area contributed by atoms with Crippen LogP contribution in [0, 0.1) is 5.92 Å². The molecule has 1 heterocycles. The highest BCUT2D eigenvalue weighted by Gasteiger charge is 2.34. The van der Waals surface area contributed by atoms with Crippen molar-refractivity contribution in [3.63, 3.8) is 0 Å². The lowest BCUT2D eigenvalue weighted by Crippen LogP contribution is -2.51. The summed E-state index contributed by atoms with van der Waals surface area (Å²) in [6.45, 7) is 7.52. The summed E-state index contributed by atoms with van der Waals surface area (Å²) in [5, 5.41) is 17.7. The summed E-state index contributed by atoms with van der Waals surface area (Å²) in [5.74, 6) is -0.375. The van der Waals surface area contributed by atoms with Crippen LogP contribution in [0.15, 0.2) is 42.5 Å². The Kier molecular flexibility index (Phi) is 10.1. The normalized spacial score (nSPS) is 18.0. The number of rotatable bonds is 7. The number of halogens is 3. The molecule has 0 aliphatic carbocycles. The lowest BCUT2D eigenvalue weighted by molar-refractivity contribution is -0.137. The maximum absolute atomic E-state index is 13.6. The number of ether oxygens (including phenoxy) is 1. The van der Waals surface area contributed by atoms with Crippen molar-refractivity contribution in [3.05, 3.63) is 53.6 Å². The fraction of sp³-hybridized carbons (Fsp3) is 0.464. The van der Waals surface area contributed by atoms with Crippen LogP contribution in [-0.2, 0) is 6.18 Å². The molecule has 1 aliphatic heterocycles. The summed E-state index contributed by atoms with van der Waals surface area (Å²) >= 11 is 0. The quantitative estimate of drug-likeness (QED) is 0.381. The number of hydrogen-bond donors (Lipinski definition) is 4. The molecule has 224 valence electrons. The third kappa shape index (κ3) is 8.26. The third-order valence-electron chi connectivity index (χ3n) is 6.61. The van der Waals surface area contributed by atoms with E-state index >= 15 is 0 Å². The molecule has 0 saturated heterocycles. The second kappa shape index (κ2) is 13.1. The number of amides is 5. The molecule has 1 aliphatic rings. The summed E-state index contributed by atoms with van der Waals surface area (Å²) < 4.78 is 44.7. The molecule has 4 N–H and O–H groups in total. The first kappa shape index (κ1) is 31.5. The summed E-state index contributed by atoms with van der Waals surface area (Å²) in [6, 6.07) is 6.90. The number of nitrogens with one attached hydrogen (secondary N) is 3. The zero-order valence-electron chi connectivity index (χ0n) is 23.6. The van der Waals surface area contributed by atoms with Crippen LogP contribution in [0.1, 0.15) is 43.6 Å². The minimum absolute atomic E-state index is 0.0535. The van der Waals surface area contributed by atoms with Crippen molar-refractivity contribution in [3.8, 4) is 5.75 Å². The lowest BCUT2D eigenvalue weighted by Gasteiger charge is -2.38. The first-order valence-corrected chi connectivity index (χ1v) is 13.2. The summed E-state index contributed by atoms with van der Waals surface area (Å²) in [6.07, 6.45) is -5.00. The average Bonchev–Trinajstić information content (AvgIpc) is 2.89. The van der Waals surface area contributed by atoms with Crippen molar-refractivity contribution in [2.45, 2.75) is 52.1 Å². The summed E-state index contributed by atoms with van der Waals surface area (Å²) in [4.78, 5) is 41.7. The Bertz CT molecular complexity index is 1240. The Hall–Kier alpha value is -4.00. The van der Waals surface area contributed by atoms with E-state index in [-0.39, 0.29) is 60.4 Å². The lowest BCUT2D eigenvalue weighted by atomic mass is 9.99. The van der Waals surface area contributed by atoms with Crippen molar-refractivity contribution in [2.24, 2.45) is 5.92 Å². The topological polar surface area (TPSA) is 123 Å². The van der Waals surface area contributed by atoms with Crippen LogP contribution in [0.4, 0.5) is 34.1 Å². The van der Waals surface area contributed by atoms with Crippen LogP contribution >= 0.6 is 0 Å². The van der Waals surface area contributed by atoms with Crippen molar-refractivity contribution < 1.29 is 37.4 Å². The van der Waals surface area contributed by atoms with Gasteiger partial charge in [0, 0.05) is 36.9 Å². The predicted molar refractivity (Wildman–Crippen MR) is 148 cm³/mol. The van der Waals surface area contributed by atoms with E-state index in [1.807, 2.05) is 20.8 Å². The molecule has 0 saturated carbocycles. The Morgan fingerprint density at radius 2 is 1.71 bits per heavy atom. The highest BCUT2D eigenvalue weighted by atomic mass is 19.4. The third-order valence-corrected chi connectivity index (χ3v) is 6.61. The van der Waals surface area contributed by atoms with Crippen molar-refractivity contribution in [1.29, 1.82) is 0 Å². The monoisotopic (exact) mass is 579 g/mol. The molecule has 0 spiro atoms. The second-order valence-electron chi connectivity index (χ2n) is 10.5. The van der Waals surface area contributed by atoms with Gasteiger partial charge in [-0.05, 0) is 63.2 Å². The number of urea groups is 2. The predicted octanol–water partition coefficient (Wildman–Crippen LogP) is 4.62. The first-order valence-electron chi connectivity index (χ1n) is 13.2. The Balaban J connectivity index is 1.84. The molecule has 0 bridgehead atoms. The molecule has 5 amide bonds. The van der Waals surface area contributed by atoms with E-state index in [9.17, 15) is 32.7 Å². The van der Waals surface area contributed by atoms with Crippen LogP contribution in [-0.4, -0.2) is 77.8 Å². The molecule has 41 heavy (non-hydrogen) atoms. The minimum atomic E-state index is -4.50. The smallest absolute Gasteiger partial charge is 0.416 e. The van der Waals surface area contributed by atoms with Gasteiger partial charge < -0.3 is 35.6 Å². The number of benzene rings is 2. The summed E-state index contributed by atoms with van der Waals surface area (Å²) in [5.41, 5.74) is -0.319. The number of alkyl halides is 3. The van der Waals surface area contributed by atoms with Gasteiger partial charge in [0.05, 0.1) is 30.3 Å². The van der Waals surface area contributed by atoms with Gasteiger partial charge in [-0.1, -0.05) is 6.92 Å². The largest absolute Gasteiger partial charge is 0.487 e. The molecule has 0 unspecified atom stereocenters. The number of aliphatic hydroxyl groups excluding tert-OH is 1. The average molecular weight is 580 g/mol. The molecular formula is C28H36F3N5O5. The molecule has 0 fully saturated rings. The Morgan fingerprint density at radius 1 is 1.10 bits per heavy atom. The first-order chi connectivity index (χ1) is 19.2. The van der Waals surface area contributed by atoms with E-state index in [2.05, 4.69) is 16.0 Å². The number of likely N-dealkylation sites (N-methyl/N-ethyl adjacent to an activating group) is 1. The van der Waals surface area contributed by atoms with E-state index in [1.54, 1.807) is 14.0 Å². The van der Waals surface area contributed by atoms with Crippen LogP contribution in [0.25, 0.3) is 0 Å². The molecule has 2 aromatic carbocycles. The van der Waals surface area contributed by atoms with Gasteiger partial charge in [-0.2, -0.15) is 13.2 Å². The van der Waals surface area contributed by atoms with E-state index < -0.39 is 35.8 Å². The Morgan fingerprint density at radius 3 is 2.29 bits per heavy atom. The van der Waals surface area contributed by atoms with Gasteiger partial charge in [0.15, 0.2) is 0 Å². The maximum atomic E-state index is 13.6. The van der Waals surface area contributed by atoms with Crippen LogP contribution in [0.2, 0.25) is 0 Å². The number of anilines is 2. The van der Waals surface area contributed by atoms with Gasteiger partial charge in [0.25, 0.3) is 5.91 Å². The number of nitrogens with zero attached hydrogens (tertiary/aromatic N) is 2. The van der Waals surface area contributed by atoms with E-state index in [0.29, 0.717) is 0 Å². The maximum Gasteiger partial charge on any atom is 0.416 e.